The smallest absolute Gasteiger partial charge is 0.289 e. The summed E-state index contributed by atoms with van der Waals surface area (Å²) in [6.45, 7) is 4.79. The first kappa shape index (κ1) is 16.8. The number of rotatable bonds is 3. The molecule has 2 saturated heterocycles. The second-order valence-corrected chi connectivity index (χ2v) is 6.98. The van der Waals surface area contributed by atoms with Crippen LogP contribution in [-0.4, -0.2) is 55.2 Å². The lowest BCUT2D eigenvalue weighted by molar-refractivity contribution is 0.0714. The first-order chi connectivity index (χ1) is 12.7. The molecule has 26 heavy (non-hydrogen) atoms. The number of hydrogen-bond donors (Lipinski definition) is 1. The van der Waals surface area contributed by atoms with E-state index >= 15 is 0 Å². The van der Waals surface area contributed by atoms with Crippen LogP contribution >= 0.6 is 0 Å². The predicted molar refractivity (Wildman–Crippen MR) is 101 cm³/mol. The molecule has 0 bridgehead atoms. The third kappa shape index (κ3) is 3.36. The average molecular weight is 355 g/mol. The number of amides is 1. The molecule has 1 N–H and O–H groups in total. The quantitative estimate of drug-likeness (QED) is 0.917. The fourth-order valence-electron chi connectivity index (χ4n) is 3.82. The van der Waals surface area contributed by atoms with Gasteiger partial charge in [-0.25, -0.2) is 0 Å². The van der Waals surface area contributed by atoms with Gasteiger partial charge in [0.25, 0.3) is 5.91 Å². The van der Waals surface area contributed by atoms with E-state index in [0.29, 0.717) is 37.7 Å². The van der Waals surface area contributed by atoms with E-state index < -0.39 is 0 Å². The molecule has 2 fully saturated rings. The molecule has 6 heteroatoms. The van der Waals surface area contributed by atoms with E-state index in [4.69, 9.17) is 4.42 Å². The van der Waals surface area contributed by atoms with Crippen LogP contribution in [0, 0.1) is 0 Å². The summed E-state index contributed by atoms with van der Waals surface area (Å²) in [5.74, 6) is 0.617. The lowest BCUT2D eigenvalue weighted by atomic mass is 10.1. The normalized spacial score (nSPS) is 18.2. The van der Waals surface area contributed by atoms with Crippen LogP contribution in [0.3, 0.4) is 0 Å². The number of carbonyl (C=O) groups is 1. The van der Waals surface area contributed by atoms with Gasteiger partial charge in [0.15, 0.2) is 5.76 Å². The zero-order valence-electron chi connectivity index (χ0n) is 14.9. The second kappa shape index (κ2) is 7.32. The van der Waals surface area contributed by atoms with E-state index in [1.807, 2.05) is 6.07 Å². The number of phenols is 1. The van der Waals surface area contributed by atoms with Crippen LogP contribution in [0.1, 0.15) is 29.8 Å². The largest absolute Gasteiger partial charge is 0.506 e. The fraction of sp³-hybridized carbons (Fsp3) is 0.450. The fourth-order valence-corrected chi connectivity index (χ4v) is 3.82. The van der Waals surface area contributed by atoms with E-state index in [-0.39, 0.29) is 5.91 Å². The first-order valence-corrected chi connectivity index (χ1v) is 9.38. The highest BCUT2D eigenvalue weighted by atomic mass is 16.3. The number of nitrogens with zero attached hydrogens (tertiary/aromatic N) is 3. The van der Waals surface area contributed by atoms with Gasteiger partial charge in [-0.1, -0.05) is 0 Å². The highest BCUT2D eigenvalue weighted by Crippen LogP contribution is 2.33. The predicted octanol–water partition coefficient (Wildman–Crippen LogP) is 2.94. The number of carbonyl (C=O) groups excluding carboxylic acids is 1. The van der Waals surface area contributed by atoms with Crippen molar-refractivity contribution in [1.29, 1.82) is 0 Å². The molecule has 3 heterocycles. The molecule has 1 aromatic carbocycles. The van der Waals surface area contributed by atoms with Crippen molar-refractivity contribution in [3.63, 3.8) is 0 Å². The van der Waals surface area contributed by atoms with E-state index in [9.17, 15) is 9.90 Å². The Kier molecular flexibility index (Phi) is 4.73. The third-order valence-corrected chi connectivity index (χ3v) is 5.32. The number of furan rings is 1. The number of piperazine rings is 1. The molecule has 0 radical (unpaired) electrons. The van der Waals surface area contributed by atoms with Crippen LogP contribution in [0.25, 0.3) is 0 Å². The molecule has 4 rings (SSSR count). The Morgan fingerprint density at radius 1 is 0.923 bits per heavy atom. The van der Waals surface area contributed by atoms with Crippen molar-refractivity contribution in [3.05, 3.63) is 42.4 Å². The number of piperidine rings is 1. The molecule has 2 aromatic rings. The maximum Gasteiger partial charge on any atom is 0.289 e. The Hall–Kier alpha value is -2.63. The molecular formula is C20H25N3O3. The average Bonchev–Trinajstić information content (AvgIpc) is 3.23. The summed E-state index contributed by atoms with van der Waals surface area (Å²) < 4.78 is 5.21. The van der Waals surface area contributed by atoms with Crippen molar-refractivity contribution in [2.24, 2.45) is 0 Å². The Bertz CT molecular complexity index is 746. The lowest BCUT2D eigenvalue weighted by Crippen LogP contribution is -2.48. The van der Waals surface area contributed by atoms with Crippen LogP contribution < -0.4 is 9.80 Å². The zero-order valence-corrected chi connectivity index (χ0v) is 14.9. The van der Waals surface area contributed by atoms with Gasteiger partial charge in [-0.15, -0.1) is 0 Å². The number of hydrogen-bond acceptors (Lipinski definition) is 5. The van der Waals surface area contributed by atoms with Crippen molar-refractivity contribution in [1.82, 2.24) is 4.90 Å². The van der Waals surface area contributed by atoms with Crippen molar-refractivity contribution in [3.8, 4) is 5.75 Å². The maximum atomic E-state index is 12.4. The topological polar surface area (TPSA) is 60.2 Å². The van der Waals surface area contributed by atoms with Gasteiger partial charge in [0.05, 0.1) is 12.0 Å². The van der Waals surface area contributed by atoms with Gasteiger partial charge in [0.2, 0.25) is 0 Å². The molecule has 0 aliphatic carbocycles. The Morgan fingerprint density at radius 3 is 2.38 bits per heavy atom. The van der Waals surface area contributed by atoms with Gasteiger partial charge in [0, 0.05) is 45.0 Å². The number of aromatic hydroxyl groups is 1. The molecule has 1 aromatic heterocycles. The van der Waals surface area contributed by atoms with Crippen molar-refractivity contribution in [2.45, 2.75) is 19.3 Å². The van der Waals surface area contributed by atoms with Gasteiger partial charge in [0.1, 0.15) is 5.75 Å². The number of benzene rings is 1. The SMILES string of the molecule is O=C(c1ccco1)N1CCN(c2cc(N3CCCCC3)ccc2O)CC1. The minimum atomic E-state index is -0.0686. The van der Waals surface area contributed by atoms with Crippen molar-refractivity contribution < 1.29 is 14.3 Å². The molecule has 2 aliphatic heterocycles. The van der Waals surface area contributed by atoms with E-state index in [2.05, 4.69) is 15.9 Å². The van der Waals surface area contributed by atoms with Crippen LogP contribution in [0.5, 0.6) is 5.75 Å². The lowest BCUT2D eigenvalue weighted by Gasteiger charge is -2.37. The van der Waals surface area contributed by atoms with E-state index in [1.54, 1.807) is 23.1 Å². The molecule has 1 amide bonds. The van der Waals surface area contributed by atoms with Crippen LogP contribution in [-0.2, 0) is 0 Å². The standard InChI is InChI=1S/C20H25N3O3/c24-18-7-6-16(21-8-2-1-3-9-21)15-17(18)22-10-12-23(13-11-22)20(25)19-5-4-14-26-19/h4-7,14-15,24H,1-3,8-13H2. The third-order valence-electron chi connectivity index (χ3n) is 5.32. The summed E-state index contributed by atoms with van der Waals surface area (Å²) in [5, 5.41) is 10.4. The zero-order chi connectivity index (χ0) is 17.9. The molecule has 138 valence electrons. The first-order valence-electron chi connectivity index (χ1n) is 9.38. The summed E-state index contributed by atoms with van der Waals surface area (Å²) in [4.78, 5) is 18.7. The molecule has 0 atom stereocenters. The molecule has 6 nitrogen and oxygen atoms in total. The highest BCUT2D eigenvalue weighted by Gasteiger charge is 2.25. The summed E-state index contributed by atoms with van der Waals surface area (Å²) in [6, 6.07) is 9.31. The Labute approximate surface area is 153 Å². The second-order valence-electron chi connectivity index (χ2n) is 6.98. The minimum Gasteiger partial charge on any atom is -0.506 e. The molecule has 2 aliphatic rings. The molecule has 0 unspecified atom stereocenters. The van der Waals surface area contributed by atoms with Gasteiger partial charge < -0.3 is 24.2 Å². The van der Waals surface area contributed by atoms with Crippen LogP contribution in [0.4, 0.5) is 11.4 Å². The van der Waals surface area contributed by atoms with Crippen molar-refractivity contribution in [2.75, 3.05) is 49.1 Å². The number of anilines is 2. The van der Waals surface area contributed by atoms with Gasteiger partial charge >= 0.3 is 0 Å². The van der Waals surface area contributed by atoms with Crippen LogP contribution in [0.2, 0.25) is 0 Å². The summed E-state index contributed by atoms with van der Waals surface area (Å²) in [6.07, 6.45) is 5.27. The molecule has 0 spiro atoms. The van der Waals surface area contributed by atoms with E-state index in [0.717, 1.165) is 18.8 Å². The number of phenolic OH excluding ortho intramolecular Hbond substituents is 1. The minimum absolute atomic E-state index is 0.0686. The summed E-state index contributed by atoms with van der Waals surface area (Å²) >= 11 is 0. The summed E-state index contributed by atoms with van der Waals surface area (Å²) in [5.41, 5.74) is 2.03. The summed E-state index contributed by atoms with van der Waals surface area (Å²) in [7, 11) is 0. The molecule has 0 saturated carbocycles. The van der Waals surface area contributed by atoms with Crippen LogP contribution in [0.15, 0.2) is 41.0 Å². The monoisotopic (exact) mass is 355 g/mol. The van der Waals surface area contributed by atoms with Gasteiger partial charge in [-0.2, -0.15) is 0 Å². The van der Waals surface area contributed by atoms with E-state index in [1.165, 1.54) is 31.2 Å². The Morgan fingerprint density at radius 2 is 1.69 bits per heavy atom. The molecular weight excluding hydrogens is 330 g/mol. The van der Waals surface area contributed by atoms with Gasteiger partial charge in [-0.3, -0.25) is 4.79 Å². The maximum absolute atomic E-state index is 12.4. The Balaban J connectivity index is 1.44. The van der Waals surface area contributed by atoms with Gasteiger partial charge in [-0.05, 0) is 49.6 Å². The van der Waals surface area contributed by atoms with Crippen molar-refractivity contribution >= 4 is 17.3 Å². The highest BCUT2D eigenvalue weighted by molar-refractivity contribution is 5.91.